The molecule has 2 rings (SSSR count). The van der Waals surface area contributed by atoms with Gasteiger partial charge in [0.15, 0.2) is 0 Å². The van der Waals surface area contributed by atoms with E-state index in [2.05, 4.69) is 5.32 Å². The Hall–Kier alpha value is -1.49. The van der Waals surface area contributed by atoms with E-state index in [0.29, 0.717) is 12.1 Å². The Morgan fingerprint density at radius 2 is 2.26 bits per heavy atom. The molecule has 1 saturated heterocycles. The maximum atomic E-state index is 13.5. The number of halogens is 2. The van der Waals surface area contributed by atoms with Gasteiger partial charge in [0.1, 0.15) is 11.6 Å². The molecule has 1 aliphatic heterocycles. The van der Waals surface area contributed by atoms with Crippen molar-refractivity contribution in [2.75, 3.05) is 20.1 Å². The largest absolute Gasteiger partial charge is 0.341 e. The molecule has 0 radical (unpaired) electrons. The first-order chi connectivity index (χ1) is 9.08. The Labute approximate surface area is 111 Å². The first kappa shape index (κ1) is 13.9. The summed E-state index contributed by atoms with van der Waals surface area (Å²) in [7, 11) is 1.65. The van der Waals surface area contributed by atoms with Gasteiger partial charge in [-0.1, -0.05) is 6.07 Å². The summed E-state index contributed by atoms with van der Waals surface area (Å²) in [6, 6.07) is 3.43. The SMILES string of the molecule is CN(Cc1ccc(F)cc1F)C(=O)C1CCCNC1. The highest BCUT2D eigenvalue weighted by atomic mass is 19.1. The minimum absolute atomic E-state index is 0.0101. The minimum atomic E-state index is -0.610. The lowest BCUT2D eigenvalue weighted by Gasteiger charge is -2.27. The lowest BCUT2D eigenvalue weighted by atomic mass is 9.98. The van der Waals surface area contributed by atoms with Crippen LogP contribution in [0.25, 0.3) is 0 Å². The number of rotatable bonds is 3. The van der Waals surface area contributed by atoms with Crippen LogP contribution in [0.4, 0.5) is 8.78 Å². The van der Waals surface area contributed by atoms with Crippen LogP contribution in [-0.2, 0) is 11.3 Å². The zero-order valence-corrected chi connectivity index (χ0v) is 11.0. The molecule has 1 amide bonds. The molecule has 0 bridgehead atoms. The fourth-order valence-electron chi connectivity index (χ4n) is 2.36. The first-order valence-electron chi connectivity index (χ1n) is 6.47. The summed E-state index contributed by atoms with van der Waals surface area (Å²) in [6.07, 6.45) is 1.84. The Bertz CT molecular complexity index is 459. The van der Waals surface area contributed by atoms with Gasteiger partial charge >= 0.3 is 0 Å². The van der Waals surface area contributed by atoms with E-state index < -0.39 is 11.6 Å². The molecule has 1 aromatic carbocycles. The van der Waals surface area contributed by atoms with Crippen LogP contribution in [0.1, 0.15) is 18.4 Å². The van der Waals surface area contributed by atoms with E-state index in [1.54, 1.807) is 7.05 Å². The molecule has 5 heteroatoms. The highest BCUT2D eigenvalue weighted by molar-refractivity contribution is 5.78. The number of nitrogens with one attached hydrogen (secondary N) is 1. The molecule has 104 valence electrons. The van der Waals surface area contributed by atoms with Crippen LogP contribution in [-0.4, -0.2) is 30.9 Å². The normalized spacial score (nSPS) is 19.2. The third-order valence-electron chi connectivity index (χ3n) is 3.44. The molecule has 19 heavy (non-hydrogen) atoms. The van der Waals surface area contributed by atoms with Crippen molar-refractivity contribution in [1.29, 1.82) is 0 Å². The van der Waals surface area contributed by atoms with Crippen molar-refractivity contribution in [1.82, 2.24) is 10.2 Å². The number of benzene rings is 1. The summed E-state index contributed by atoms with van der Waals surface area (Å²) < 4.78 is 26.3. The fourth-order valence-corrected chi connectivity index (χ4v) is 2.36. The van der Waals surface area contributed by atoms with E-state index in [9.17, 15) is 13.6 Å². The second-order valence-electron chi connectivity index (χ2n) is 4.97. The highest BCUT2D eigenvalue weighted by Gasteiger charge is 2.24. The van der Waals surface area contributed by atoms with Gasteiger partial charge in [0.25, 0.3) is 0 Å². The van der Waals surface area contributed by atoms with E-state index in [0.717, 1.165) is 25.5 Å². The molecule has 0 saturated carbocycles. The lowest BCUT2D eigenvalue weighted by molar-refractivity contribution is -0.135. The van der Waals surface area contributed by atoms with E-state index in [1.807, 2.05) is 0 Å². The van der Waals surface area contributed by atoms with Crippen molar-refractivity contribution in [3.63, 3.8) is 0 Å². The Balaban J connectivity index is 1.99. The van der Waals surface area contributed by atoms with Crippen LogP contribution < -0.4 is 5.32 Å². The molecular weight excluding hydrogens is 250 g/mol. The average Bonchev–Trinajstić information content (AvgIpc) is 2.42. The van der Waals surface area contributed by atoms with Crippen LogP contribution in [0, 0.1) is 17.6 Å². The van der Waals surface area contributed by atoms with E-state index in [-0.39, 0.29) is 18.4 Å². The van der Waals surface area contributed by atoms with Crippen molar-refractivity contribution in [2.24, 2.45) is 5.92 Å². The Morgan fingerprint density at radius 1 is 1.47 bits per heavy atom. The summed E-state index contributed by atoms with van der Waals surface area (Å²) in [5, 5.41) is 3.18. The van der Waals surface area contributed by atoms with Gasteiger partial charge in [-0.2, -0.15) is 0 Å². The van der Waals surface area contributed by atoms with Crippen molar-refractivity contribution >= 4 is 5.91 Å². The molecule has 1 fully saturated rings. The molecule has 1 N–H and O–H groups in total. The summed E-state index contributed by atoms with van der Waals surface area (Å²) in [4.78, 5) is 13.7. The highest BCUT2D eigenvalue weighted by Crippen LogP contribution is 2.16. The molecule has 1 heterocycles. The molecule has 1 unspecified atom stereocenters. The zero-order chi connectivity index (χ0) is 13.8. The van der Waals surface area contributed by atoms with Gasteiger partial charge in [-0.3, -0.25) is 4.79 Å². The predicted molar refractivity (Wildman–Crippen MR) is 68.4 cm³/mol. The smallest absolute Gasteiger partial charge is 0.227 e. The minimum Gasteiger partial charge on any atom is -0.341 e. The van der Waals surface area contributed by atoms with Crippen LogP contribution in [0.2, 0.25) is 0 Å². The second-order valence-corrected chi connectivity index (χ2v) is 4.97. The van der Waals surface area contributed by atoms with Gasteiger partial charge in [0.2, 0.25) is 5.91 Å². The number of carbonyl (C=O) groups is 1. The summed E-state index contributed by atoms with van der Waals surface area (Å²) in [5.41, 5.74) is 0.334. The molecule has 1 aromatic rings. The quantitative estimate of drug-likeness (QED) is 0.908. The van der Waals surface area contributed by atoms with E-state index in [1.165, 1.54) is 17.0 Å². The number of hydrogen-bond acceptors (Lipinski definition) is 2. The topological polar surface area (TPSA) is 32.3 Å². The van der Waals surface area contributed by atoms with Crippen molar-refractivity contribution in [3.05, 3.63) is 35.4 Å². The summed E-state index contributed by atoms with van der Waals surface area (Å²) in [5.74, 6) is -1.24. The summed E-state index contributed by atoms with van der Waals surface area (Å²) >= 11 is 0. The maximum Gasteiger partial charge on any atom is 0.227 e. The Kier molecular flexibility index (Phi) is 4.47. The first-order valence-corrected chi connectivity index (χ1v) is 6.47. The van der Waals surface area contributed by atoms with Gasteiger partial charge in [-0.25, -0.2) is 8.78 Å². The zero-order valence-electron chi connectivity index (χ0n) is 11.0. The average molecular weight is 268 g/mol. The molecular formula is C14H18F2N2O. The predicted octanol–water partition coefficient (Wildman–Crippen LogP) is 1.92. The van der Waals surface area contributed by atoms with E-state index >= 15 is 0 Å². The van der Waals surface area contributed by atoms with Gasteiger partial charge < -0.3 is 10.2 Å². The number of amides is 1. The number of carbonyl (C=O) groups excluding carboxylic acids is 1. The molecule has 1 aliphatic rings. The second kappa shape index (κ2) is 6.10. The monoisotopic (exact) mass is 268 g/mol. The number of nitrogens with zero attached hydrogens (tertiary/aromatic N) is 1. The fraction of sp³-hybridized carbons (Fsp3) is 0.500. The van der Waals surface area contributed by atoms with Crippen molar-refractivity contribution in [3.8, 4) is 0 Å². The third kappa shape index (κ3) is 3.50. The van der Waals surface area contributed by atoms with E-state index in [4.69, 9.17) is 0 Å². The Morgan fingerprint density at radius 3 is 2.89 bits per heavy atom. The van der Waals surface area contributed by atoms with Crippen LogP contribution in [0.3, 0.4) is 0 Å². The van der Waals surface area contributed by atoms with Gasteiger partial charge in [0, 0.05) is 31.8 Å². The molecule has 0 aromatic heterocycles. The standard InChI is InChI=1S/C14H18F2N2O/c1-18(14(19)10-3-2-6-17-8-10)9-11-4-5-12(15)7-13(11)16/h4-5,7,10,17H,2-3,6,8-9H2,1H3. The molecule has 3 nitrogen and oxygen atoms in total. The van der Waals surface area contributed by atoms with Gasteiger partial charge in [0.05, 0.1) is 5.92 Å². The molecule has 1 atom stereocenters. The lowest BCUT2D eigenvalue weighted by Crippen LogP contribution is -2.41. The van der Waals surface area contributed by atoms with Gasteiger partial charge in [-0.05, 0) is 25.5 Å². The summed E-state index contributed by atoms with van der Waals surface area (Å²) in [6.45, 7) is 1.79. The van der Waals surface area contributed by atoms with Crippen LogP contribution in [0.5, 0.6) is 0 Å². The number of piperidine rings is 1. The number of hydrogen-bond donors (Lipinski definition) is 1. The maximum absolute atomic E-state index is 13.5. The third-order valence-corrected chi connectivity index (χ3v) is 3.44. The molecule has 0 aliphatic carbocycles. The van der Waals surface area contributed by atoms with Crippen molar-refractivity contribution in [2.45, 2.75) is 19.4 Å². The van der Waals surface area contributed by atoms with Crippen LogP contribution >= 0.6 is 0 Å². The van der Waals surface area contributed by atoms with Crippen molar-refractivity contribution < 1.29 is 13.6 Å². The van der Waals surface area contributed by atoms with Crippen LogP contribution in [0.15, 0.2) is 18.2 Å². The molecule has 0 spiro atoms. The van der Waals surface area contributed by atoms with Gasteiger partial charge in [-0.15, -0.1) is 0 Å².